The molecule has 144 valence electrons. The van der Waals surface area contributed by atoms with Gasteiger partial charge in [0.15, 0.2) is 0 Å². The summed E-state index contributed by atoms with van der Waals surface area (Å²) in [7, 11) is 0. The zero-order chi connectivity index (χ0) is 19.6. The molecule has 1 amide bonds. The van der Waals surface area contributed by atoms with E-state index in [9.17, 15) is 18.0 Å². The highest BCUT2D eigenvalue weighted by Crippen LogP contribution is 2.33. The third kappa shape index (κ3) is 4.62. The van der Waals surface area contributed by atoms with Crippen LogP contribution in [0.15, 0.2) is 48.5 Å². The predicted molar refractivity (Wildman–Crippen MR) is 98.6 cm³/mol. The highest BCUT2D eigenvalue weighted by molar-refractivity contribution is 6.30. The standard InChI is InChI=1S/C20H20ClF3N2O/c1-12(14-3-2-4-16(21)9-14)26-19(27)18-11-25-10-17(18)13-5-7-15(8-6-13)20(22,23)24/h2-9,12,17-18,25H,10-11H2,1H3,(H,26,27)/t12-,17-,18+/m0/s1. The molecule has 3 atom stereocenters. The smallest absolute Gasteiger partial charge is 0.349 e. The van der Waals surface area contributed by atoms with Crippen molar-refractivity contribution in [2.75, 3.05) is 13.1 Å². The Kier molecular flexibility index (Phi) is 5.77. The SMILES string of the molecule is C[C@H](NC(=O)[C@@H]1CNC[C@H]1c1ccc(C(F)(F)F)cc1)c1cccc(Cl)c1. The first-order chi connectivity index (χ1) is 12.8. The van der Waals surface area contributed by atoms with E-state index in [4.69, 9.17) is 11.6 Å². The lowest BCUT2D eigenvalue weighted by Crippen LogP contribution is -2.36. The van der Waals surface area contributed by atoms with Crippen molar-refractivity contribution in [1.29, 1.82) is 0 Å². The van der Waals surface area contributed by atoms with Gasteiger partial charge in [-0.1, -0.05) is 35.9 Å². The summed E-state index contributed by atoms with van der Waals surface area (Å²) in [6.07, 6.45) is -4.37. The van der Waals surface area contributed by atoms with Gasteiger partial charge in [0.1, 0.15) is 0 Å². The van der Waals surface area contributed by atoms with E-state index in [0.717, 1.165) is 23.3 Å². The van der Waals surface area contributed by atoms with Crippen LogP contribution in [-0.2, 0) is 11.0 Å². The molecule has 2 aromatic rings. The summed E-state index contributed by atoms with van der Waals surface area (Å²) >= 11 is 6.00. The molecule has 27 heavy (non-hydrogen) atoms. The summed E-state index contributed by atoms with van der Waals surface area (Å²) < 4.78 is 38.2. The molecule has 1 saturated heterocycles. The Labute approximate surface area is 160 Å². The highest BCUT2D eigenvalue weighted by atomic mass is 35.5. The Balaban J connectivity index is 1.71. The molecule has 0 saturated carbocycles. The van der Waals surface area contributed by atoms with Crippen LogP contribution < -0.4 is 10.6 Å². The lowest BCUT2D eigenvalue weighted by atomic mass is 9.87. The van der Waals surface area contributed by atoms with Crippen molar-refractivity contribution >= 4 is 17.5 Å². The normalized spacial score (nSPS) is 21.1. The van der Waals surface area contributed by atoms with Gasteiger partial charge < -0.3 is 10.6 Å². The Morgan fingerprint density at radius 3 is 2.52 bits per heavy atom. The molecule has 2 N–H and O–H groups in total. The van der Waals surface area contributed by atoms with Gasteiger partial charge in [-0.05, 0) is 42.3 Å². The van der Waals surface area contributed by atoms with Gasteiger partial charge in [0.2, 0.25) is 5.91 Å². The van der Waals surface area contributed by atoms with Gasteiger partial charge in [-0.25, -0.2) is 0 Å². The van der Waals surface area contributed by atoms with Gasteiger partial charge >= 0.3 is 6.18 Å². The number of benzene rings is 2. The molecule has 7 heteroatoms. The first kappa shape index (κ1) is 19.7. The first-order valence-electron chi connectivity index (χ1n) is 8.69. The van der Waals surface area contributed by atoms with Crippen LogP contribution in [0.5, 0.6) is 0 Å². The molecule has 1 fully saturated rings. The van der Waals surface area contributed by atoms with Crippen molar-refractivity contribution in [2.24, 2.45) is 5.92 Å². The molecule has 1 aliphatic rings. The molecule has 0 spiro atoms. The fraction of sp³-hybridized carbons (Fsp3) is 0.350. The number of carbonyl (C=O) groups is 1. The van der Waals surface area contributed by atoms with E-state index in [1.54, 1.807) is 12.1 Å². The van der Waals surface area contributed by atoms with Gasteiger partial charge in [-0.2, -0.15) is 13.2 Å². The Morgan fingerprint density at radius 2 is 1.89 bits per heavy atom. The van der Waals surface area contributed by atoms with Crippen LogP contribution in [0.4, 0.5) is 13.2 Å². The van der Waals surface area contributed by atoms with Crippen LogP contribution in [0.25, 0.3) is 0 Å². The second kappa shape index (κ2) is 7.90. The minimum absolute atomic E-state index is 0.127. The van der Waals surface area contributed by atoms with Crippen molar-refractivity contribution in [3.8, 4) is 0 Å². The molecule has 3 rings (SSSR count). The zero-order valence-electron chi connectivity index (χ0n) is 14.7. The van der Waals surface area contributed by atoms with Gasteiger partial charge in [-0.15, -0.1) is 0 Å². The van der Waals surface area contributed by atoms with Crippen LogP contribution in [0.1, 0.15) is 35.6 Å². The number of hydrogen-bond acceptors (Lipinski definition) is 2. The summed E-state index contributed by atoms with van der Waals surface area (Å²) in [6, 6.07) is 12.1. The maximum absolute atomic E-state index is 12.8. The number of carbonyl (C=O) groups excluding carboxylic acids is 1. The fourth-order valence-corrected chi connectivity index (χ4v) is 3.60. The van der Waals surface area contributed by atoms with Crippen molar-refractivity contribution in [3.05, 3.63) is 70.2 Å². The van der Waals surface area contributed by atoms with E-state index >= 15 is 0 Å². The summed E-state index contributed by atoms with van der Waals surface area (Å²) in [5.41, 5.74) is 0.934. The molecular formula is C20H20ClF3N2O. The van der Waals surface area contributed by atoms with E-state index in [0.29, 0.717) is 18.1 Å². The minimum Gasteiger partial charge on any atom is -0.349 e. The molecule has 2 aromatic carbocycles. The predicted octanol–water partition coefficient (Wildman–Crippen LogP) is 4.54. The molecule has 0 radical (unpaired) electrons. The third-order valence-electron chi connectivity index (χ3n) is 4.92. The molecule has 1 aliphatic heterocycles. The lowest BCUT2D eigenvalue weighted by molar-refractivity contribution is -0.137. The molecule has 0 aromatic heterocycles. The number of alkyl halides is 3. The van der Waals surface area contributed by atoms with E-state index < -0.39 is 11.7 Å². The van der Waals surface area contributed by atoms with Gasteiger partial charge in [0.05, 0.1) is 17.5 Å². The lowest BCUT2D eigenvalue weighted by Gasteiger charge is -2.22. The number of nitrogens with one attached hydrogen (secondary N) is 2. The van der Waals surface area contributed by atoms with Crippen molar-refractivity contribution in [1.82, 2.24) is 10.6 Å². The topological polar surface area (TPSA) is 41.1 Å². The van der Waals surface area contributed by atoms with Crippen LogP contribution in [0.2, 0.25) is 5.02 Å². The number of amides is 1. The Bertz CT molecular complexity index is 808. The fourth-order valence-electron chi connectivity index (χ4n) is 3.40. The van der Waals surface area contributed by atoms with Crippen molar-refractivity contribution < 1.29 is 18.0 Å². The number of hydrogen-bond donors (Lipinski definition) is 2. The monoisotopic (exact) mass is 396 g/mol. The molecule has 3 nitrogen and oxygen atoms in total. The second-order valence-electron chi connectivity index (χ2n) is 6.78. The molecule has 0 aliphatic carbocycles. The summed E-state index contributed by atoms with van der Waals surface area (Å²) in [5, 5.41) is 6.74. The quantitative estimate of drug-likeness (QED) is 0.796. The largest absolute Gasteiger partial charge is 0.416 e. The Hall–Kier alpha value is -2.05. The Morgan fingerprint density at radius 1 is 1.19 bits per heavy atom. The van der Waals surface area contributed by atoms with E-state index in [2.05, 4.69) is 10.6 Å². The summed E-state index contributed by atoms with van der Waals surface area (Å²) in [5.74, 6) is -0.639. The highest BCUT2D eigenvalue weighted by Gasteiger charge is 2.35. The molecule has 0 bridgehead atoms. The maximum Gasteiger partial charge on any atom is 0.416 e. The minimum atomic E-state index is -4.37. The van der Waals surface area contributed by atoms with Crippen LogP contribution in [0.3, 0.4) is 0 Å². The van der Waals surface area contributed by atoms with Crippen molar-refractivity contribution in [3.63, 3.8) is 0 Å². The molecule has 1 heterocycles. The molecular weight excluding hydrogens is 377 g/mol. The van der Waals surface area contributed by atoms with Gasteiger partial charge in [0, 0.05) is 24.0 Å². The first-order valence-corrected chi connectivity index (χ1v) is 9.07. The number of rotatable bonds is 4. The van der Waals surface area contributed by atoms with E-state index in [-0.39, 0.29) is 23.8 Å². The van der Waals surface area contributed by atoms with Gasteiger partial charge in [-0.3, -0.25) is 4.79 Å². The van der Waals surface area contributed by atoms with Gasteiger partial charge in [0.25, 0.3) is 0 Å². The second-order valence-corrected chi connectivity index (χ2v) is 7.21. The van der Waals surface area contributed by atoms with E-state index in [1.807, 2.05) is 19.1 Å². The van der Waals surface area contributed by atoms with E-state index in [1.165, 1.54) is 12.1 Å². The average molecular weight is 397 g/mol. The average Bonchev–Trinajstić information content (AvgIpc) is 3.11. The van der Waals surface area contributed by atoms with Crippen LogP contribution in [0, 0.1) is 5.92 Å². The van der Waals surface area contributed by atoms with Crippen LogP contribution >= 0.6 is 11.6 Å². The van der Waals surface area contributed by atoms with Crippen LogP contribution in [-0.4, -0.2) is 19.0 Å². The summed E-state index contributed by atoms with van der Waals surface area (Å²) in [6.45, 7) is 2.91. The maximum atomic E-state index is 12.8. The third-order valence-corrected chi connectivity index (χ3v) is 5.16. The summed E-state index contributed by atoms with van der Waals surface area (Å²) in [4.78, 5) is 12.8. The molecule has 0 unspecified atom stereocenters. The zero-order valence-corrected chi connectivity index (χ0v) is 15.4. The number of halogens is 4. The van der Waals surface area contributed by atoms with Crippen molar-refractivity contribution in [2.45, 2.75) is 25.1 Å².